The molecule has 0 aliphatic heterocycles. The van der Waals surface area contributed by atoms with Crippen LogP contribution in [0.25, 0.3) is 11.3 Å². The maximum atomic E-state index is 13.5. The lowest BCUT2D eigenvalue weighted by atomic mass is 9.93. The van der Waals surface area contributed by atoms with Crippen molar-refractivity contribution in [1.29, 1.82) is 0 Å². The molecule has 3 rings (SSSR count). The summed E-state index contributed by atoms with van der Waals surface area (Å²) in [6, 6.07) is 3.80. The summed E-state index contributed by atoms with van der Waals surface area (Å²) in [5.41, 5.74) is 1.47. The van der Waals surface area contributed by atoms with E-state index >= 15 is 0 Å². The quantitative estimate of drug-likeness (QED) is 0.657. The van der Waals surface area contributed by atoms with E-state index in [1.165, 1.54) is 0 Å². The van der Waals surface area contributed by atoms with Crippen LogP contribution in [0.5, 0.6) is 0 Å². The average Bonchev–Trinajstić information content (AvgIpc) is 2.69. The first-order chi connectivity index (χ1) is 13.0. The average molecular weight is 394 g/mol. The molecule has 1 saturated carbocycles. The van der Waals surface area contributed by atoms with Crippen molar-refractivity contribution in [3.8, 4) is 11.3 Å². The second-order valence-corrected chi connectivity index (χ2v) is 7.29. The Morgan fingerprint density at radius 1 is 1.22 bits per heavy atom. The first kappa shape index (κ1) is 19.8. The van der Waals surface area contributed by atoms with Crippen LogP contribution in [0.15, 0.2) is 24.5 Å². The SMILES string of the molecule is CCC(F)CNc1ncc(-c2ccc(Cl)cn2)c(NC2CCC(O)CC2)n1. The van der Waals surface area contributed by atoms with Crippen LogP contribution in [0.4, 0.5) is 16.2 Å². The number of aromatic nitrogens is 3. The second-order valence-electron chi connectivity index (χ2n) is 6.85. The smallest absolute Gasteiger partial charge is 0.224 e. The Balaban J connectivity index is 1.83. The maximum Gasteiger partial charge on any atom is 0.224 e. The molecule has 1 unspecified atom stereocenters. The number of rotatable bonds is 7. The lowest BCUT2D eigenvalue weighted by molar-refractivity contribution is 0.126. The van der Waals surface area contributed by atoms with E-state index in [4.69, 9.17) is 11.6 Å². The van der Waals surface area contributed by atoms with Gasteiger partial charge in [0.1, 0.15) is 12.0 Å². The molecule has 8 heteroatoms. The molecule has 3 N–H and O–H groups in total. The highest BCUT2D eigenvalue weighted by molar-refractivity contribution is 6.30. The van der Waals surface area contributed by atoms with Crippen molar-refractivity contribution in [1.82, 2.24) is 15.0 Å². The van der Waals surface area contributed by atoms with Crippen LogP contribution in [0.2, 0.25) is 5.02 Å². The van der Waals surface area contributed by atoms with Gasteiger partial charge in [0.15, 0.2) is 0 Å². The summed E-state index contributed by atoms with van der Waals surface area (Å²) in [6.07, 6.45) is 5.80. The molecule has 1 aliphatic carbocycles. The molecule has 0 radical (unpaired) electrons. The van der Waals surface area contributed by atoms with E-state index in [0.717, 1.165) is 31.2 Å². The number of nitrogens with zero attached hydrogens (tertiary/aromatic N) is 3. The highest BCUT2D eigenvalue weighted by Crippen LogP contribution is 2.29. The summed E-state index contributed by atoms with van der Waals surface area (Å²) < 4.78 is 13.5. The van der Waals surface area contributed by atoms with Gasteiger partial charge in [0.25, 0.3) is 0 Å². The molecule has 0 amide bonds. The summed E-state index contributed by atoms with van der Waals surface area (Å²) in [7, 11) is 0. The van der Waals surface area contributed by atoms with E-state index in [1.807, 2.05) is 6.07 Å². The first-order valence-corrected chi connectivity index (χ1v) is 9.74. The predicted octanol–water partition coefficient (Wildman–Crippen LogP) is 4.07. The zero-order valence-electron chi connectivity index (χ0n) is 15.3. The van der Waals surface area contributed by atoms with E-state index in [1.54, 1.807) is 25.4 Å². The van der Waals surface area contributed by atoms with Gasteiger partial charge in [-0.15, -0.1) is 0 Å². The normalized spacial score (nSPS) is 20.9. The van der Waals surface area contributed by atoms with Gasteiger partial charge >= 0.3 is 0 Å². The number of anilines is 2. The van der Waals surface area contributed by atoms with E-state index in [9.17, 15) is 9.50 Å². The molecule has 0 saturated heterocycles. The number of alkyl halides is 1. The third kappa shape index (κ3) is 5.49. The fourth-order valence-corrected chi connectivity index (χ4v) is 3.17. The fraction of sp³-hybridized carbons (Fsp3) is 0.526. The van der Waals surface area contributed by atoms with Gasteiger partial charge in [-0.1, -0.05) is 18.5 Å². The maximum absolute atomic E-state index is 13.5. The summed E-state index contributed by atoms with van der Waals surface area (Å²) >= 11 is 5.94. The topological polar surface area (TPSA) is 83.0 Å². The minimum atomic E-state index is -0.942. The Kier molecular flexibility index (Phi) is 6.79. The van der Waals surface area contributed by atoms with Gasteiger partial charge in [0.05, 0.1) is 22.4 Å². The Labute approximate surface area is 163 Å². The van der Waals surface area contributed by atoms with Gasteiger partial charge in [-0.05, 0) is 44.2 Å². The number of pyridine rings is 1. The van der Waals surface area contributed by atoms with Crippen molar-refractivity contribution in [3.63, 3.8) is 0 Å². The van der Waals surface area contributed by atoms with Crippen molar-refractivity contribution in [3.05, 3.63) is 29.5 Å². The Hall–Kier alpha value is -1.99. The molecule has 0 aromatic carbocycles. The minimum absolute atomic E-state index is 0.171. The van der Waals surface area contributed by atoms with Crippen LogP contribution in [-0.2, 0) is 0 Å². The molecular weight excluding hydrogens is 369 g/mol. The first-order valence-electron chi connectivity index (χ1n) is 9.36. The summed E-state index contributed by atoms with van der Waals surface area (Å²) in [4.78, 5) is 13.2. The standard InChI is InChI=1S/C19H25ClFN5O/c1-2-13(21)10-23-19-24-11-16(17-8-3-12(20)9-22-17)18(26-19)25-14-4-6-15(27)7-5-14/h3,8-9,11,13-15,27H,2,4-7,10H2,1H3,(H2,23,24,25,26). The van der Waals surface area contributed by atoms with E-state index in [0.29, 0.717) is 28.9 Å². The van der Waals surface area contributed by atoms with Gasteiger partial charge < -0.3 is 15.7 Å². The van der Waals surface area contributed by atoms with Crippen LogP contribution in [0.1, 0.15) is 39.0 Å². The molecule has 2 aromatic heterocycles. The van der Waals surface area contributed by atoms with Crippen molar-refractivity contribution in [2.24, 2.45) is 0 Å². The zero-order valence-corrected chi connectivity index (χ0v) is 16.1. The number of aliphatic hydroxyl groups is 1. The molecule has 1 fully saturated rings. The van der Waals surface area contributed by atoms with Crippen LogP contribution in [0, 0.1) is 0 Å². The van der Waals surface area contributed by atoms with Crippen molar-refractivity contribution in [2.75, 3.05) is 17.2 Å². The number of hydrogen-bond donors (Lipinski definition) is 3. The lowest BCUT2D eigenvalue weighted by Gasteiger charge is -2.27. The second kappa shape index (κ2) is 9.28. The molecule has 2 heterocycles. The van der Waals surface area contributed by atoms with Crippen molar-refractivity contribution < 1.29 is 9.50 Å². The van der Waals surface area contributed by atoms with Crippen LogP contribution >= 0.6 is 11.6 Å². The molecule has 0 spiro atoms. The van der Waals surface area contributed by atoms with E-state index in [2.05, 4.69) is 25.6 Å². The molecule has 2 aromatic rings. The zero-order chi connectivity index (χ0) is 19.2. The Bertz CT molecular complexity index is 737. The molecule has 27 heavy (non-hydrogen) atoms. The van der Waals surface area contributed by atoms with Crippen molar-refractivity contribution in [2.45, 2.75) is 57.3 Å². The van der Waals surface area contributed by atoms with Crippen LogP contribution in [-0.4, -0.2) is 44.9 Å². The number of nitrogens with one attached hydrogen (secondary N) is 2. The molecule has 1 aliphatic rings. The van der Waals surface area contributed by atoms with E-state index < -0.39 is 6.17 Å². The Morgan fingerprint density at radius 3 is 2.67 bits per heavy atom. The number of halogens is 2. The Morgan fingerprint density at radius 2 is 2.00 bits per heavy atom. The van der Waals surface area contributed by atoms with Crippen molar-refractivity contribution >= 4 is 23.4 Å². The van der Waals surface area contributed by atoms with Gasteiger partial charge in [-0.25, -0.2) is 9.37 Å². The monoisotopic (exact) mass is 393 g/mol. The highest BCUT2D eigenvalue weighted by atomic mass is 35.5. The van der Waals surface area contributed by atoms with Crippen LogP contribution < -0.4 is 10.6 Å². The fourth-order valence-electron chi connectivity index (χ4n) is 3.06. The predicted molar refractivity (Wildman–Crippen MR) is 106 cm³/mol. The number of aliphatic hydroxyl groups excluding tert-OH is 1. The molecular formula is C19H25ClFN5O. The number of hydrogen-bond acceptors (Lipinski definition) is 6. The van der Waals surface area contributed by atoms with Gasteiger partial charge in [-0.3, -0.25) is 4.98 Å². The van der Waals surface area contributed by atoms with Gasteiger partial charge in [0.2, 0.25) is 5.95 Å². The lowest BCUT2D eigenvalue weighted by Crippen LogP contribution is -2.29. The van der Waals surface area contributed by atoms with Gasteiger partial charge in [0, 0.05) is 25.0 Å². The van der Waals surface area contributed by atoms with Gasteiger partial charge in [-0.2, -0.15) is 4.98 Å². The summed E-state index contributed by atoms with van der Waals surface area (Å²) in [6.45, 7) is 1.97. The minimum Gasteiger partial charge on any atom is -0.393 e. The third-order valence-electron chi connectivity index (χ3n) is 4.75. The third-order valence-corrected chi connectivity index (χ3v) is 4.98. The molecule has 146 valence electrons. The largest absolute Gasteiger partial charge is 0.393 e. The molecule has 0 bridgehead atoms. The highest BCUT2D eigenvalue weighted by Gasteiger charge is 2.21. The molecule has 1 atom stereocenters. The summed E-state index contributed by atoms with van der Waals surface area (Å²) in [5, 5.41) is 16.7. The van der Waals surface area contributed by atoms with E-state index in [-0.39, 0.29) is 18.7 Å². The summed E-state index contributed by atoms with van der Waals surface area (Å²) in [5.74, 6) is 1.03. The van der Waals surface area contributed by atoms with Crippen LogP contribution in [0.3, 0.4) is 0 Å². The molecule has 6 nitrogen and oxygen atoms in total.